The van der Waals surface area contributed by atoms with Crippen LogP contribution >= 0.6 is 43.6 Å². The van der Waals surface area contributed by atoms with Gasteiger partial charge in [0.2, 0.25) is 0 Å². The average molecular weight is 440 g/mol. The fourth-order valence-electron chi connectivity index (χ4n) is 1.57. The predicted molar refractivity (Wildman–Crippen MR) is 86.3 cm³/mol. The Labute approximate surface area is 111 Å². The summed E-state index contributed by atoms with van der Waals surface area (Å²) in [5, 5.41) is 0. The van der Waals surface area contributed by atoms with E-state index in [4.69, 9.17) is 0 Å². The molecule has 0 saturated heterocycles. The summed E-state index contributed by atoms with van der Waals surface area (Å²) < 4.78 is 0. The summed E-state index contributed by atoms with van der Waals surface area (Å²) in [4.78, 5) is 0. The van der Waals surface area contributed by atoms with Gasteiger partial charge in [-0.2, -0.15) is 0 Å². The van der Waals surface area contributed by atoms with Gasteiger partial charge in [0.1, 0.15) is 11.1 Å². The molecule has 0 rings (SSSR count). The van der Waals surface area contributed by atoms with Crippen LogP contribution in [0.5, 0.6) is 0 Å². The number of rotatable bonds is 6. The van der Waals surface area contributed by atoms with Gasteiger partial charge in [-0.25, -0.2) is 0 Å². The topological polar surface area (TPSA) is 0 Å². The fourth-order valence-corrected chi connectivity index (χ4v) is 30.8. The molecule has 0 amide bonds. The second-order valence-electron chi connectivity index (χ2n) is 3.89. The third-order valence-corrected chi connectivity index (χ3v) is 29.3. The molecule has 0 fully saturated rings. The minimum absolute atomic E-state index is 0.850. The highest BCUT2D eigenvalue weighted by Gasteiger charge is 2.37. The normalized spacial score (nSPS) is 13.4. The van der Waals surface area contributed by atoms with Gasteiger partial charge in [0.25, 0.3) is 0 Å². The lowest BCUT2D eigenvalue weighted by Gasteiger charge is -2.31. The van der Waals surface area contributed by atoms with Gasteiger partial charge < -0.3 is 0 Å². The van der Waals surface area contributed by atoms with Crippen LogP contribution in [0, 0.1) is 0 Å². The van der Waals surface area contributed by atoms with Crippen molar-refractivity contribution >= 4 is 54.7 Å². The van der Waals surface area contributed by atoms with Gasteiger partial charge in [-0.15, -0.1) is 43.6 Å². The lowest BCUT2D eigenvalue weighted by Crippen LogP contribution is -2.37. The summed E-state index contributed by atoms with van der Waals surface area (Å²) in [6.45, 7) is 9.61. The molecule has 0 radical (unpaired) electrons. The Morgan fingerprint density at radius 1 is 0.692 bits per heavy atom. The van der Waals surface area contributed by atoms with E-state index in [1.165, 1.54) is 24.2 Å². The molecule has 0 heterocycles. The molecule has 0 nitrogen and oxygen atoms in total. The summed E-state index contributed by atoms with van der Waals surface area (Å²) in [6.07, 6.45) is 0. The van der Waals surface area contributed by atoms with Crippen molar-refractivity contribution in [2.24, 2.45) is 0 Å². The number of hydrogen-bond acceptors (Lipinski definition) is 0. The third-order valence-electron chi connectivity index (χ3n) is 3.17. The first kappa shape index (κ1) is 14.9. The molecular formula is C9H22I2Si2. The first-order chi connectivity index (χ1) is 5.95. The van der Waals surface area contributed by atoms with Crippen molar-refractivity contribution in [2.45, 2.75) is 57.5 Å². The predicted octanol–water partition coefficient (Wildman–Crippen LogP) is 5.37. The minimum Gasteiger partial charge on any atom is -0.119 e. The fraction of sp³-hybridized carbons (Fsp3) is 1.00. The summed E-state index contributed by atoms with van der Waals surface area (Å²) in [6, 6.07) is 5.90. The van der Waals surface area contributed by atoms with E-state index < -0.39 is 11.1 Å². The maximum Gasteiger partial charge on any atom is 0.123 e. The van der Waals surface area contributed by atoms with E-state index in [1.807, 2.05) is 0 Å². The van der Waals surface area contributed by atoms with Crippen LogP contribution in [0.3, 0.4) is 0 Å². The monoisotopic (exact) mass is 440 g/mol. The van der Waals surface area contributed by atoms with E-state index in [0.717, 1.165) is 0 Å². The second-order valence-corrected chi connectivity index (χ2v) is 26.5. The van der Waals surface area contributed by atoms with Crippen LogP contribution < -0.4 is 0 Å². The Balaban J connectivity index is 4.36. The highest BCUT2D eigenvalue weighted by molar-refractivity contribution is 14.1. The maximum absolute atomic E-state index is 2.84. The van der Waals surface area contributed by atoms with E-state index in [2.05, 4.69) is 71.3 Å². The summed E-state index contributed by atoms with van der Waals surface area (Å²) in [5.74, 6) is 0. The van der Waals surface area contributed by atoms with E-state index in [0.29, 0.717) is 0 Å². The van der Waals surface area contributed by atoms with Crippen molar-refractivity contribution in [2.75, 3.05) is 0 Å². The van der Waals surface area contributed by atoms with Gasteiger partial charge in [0.15, 0.2) is 0 Å². The molecule has 0 bridgehead atoms. The zero-order valence-electron chi connectivity index (χ0n) is 9.29. The molecular weight excluding hydrogens is 418 g/mol. The first-order valence-corrected chi connectivity index (χ1v) is 16.8. The van der Waals surface area contributed by atoms with Gasteiger partial charge in [-0.3, -0.25) is 0 Å². The molecule has 0 atom stereocenters. The average Bonchev–Trinajstić information content (AvgIpc) is 2.17. The van der Waals surface area contributed by atoms with Crippen LogP contribution in [0.25, 0.3) is 0 Å². The second kappa shape index (κ2) is 6.47. The van der Waals surface area contributed by atoms with Crippen LogP contribution in [0.4, 0.5) is 0 Å². The third kappa shape index (κ3) is 4.97. The first-order valence-electron chi connectivity index (χ1n) is 5.33. The van der Waals surface area contributed by atoms with Crippen LogP contribution in [-0.2, 0) is 0 Å². The Kier molecular flexibility index (Phi) is 7.41. The standard InChI is InChI=1S/C9H22I2Si2/c1-5-12(10,6-2)9-13(11,7-3)8-4/h5-9H2,1-4H3. The van der Waals surface area contributed by atoms with Crippen molar-refractivity contribution in [3.8, 4) is 0 Å². The van der Waals surface area contributed by atoms with Crippen molar-refractivity contribution in [3.05, 3.63) is 0 Å². The van der Waals surface area contributed by atoms with Crippen LogP contribution in [0.1, 0.15) is 27.7 Å². The Morgan fingerprint density at radius 2 is 0.923 bits per heavy atom. The molecule has 13 heavy (non-hydrogen) atoms. The smallest absolute Gasteiger partial charge is 0.119 e. The molecule has 0 N–H and O–H groups in total. The van der Waals surface area contributed by atoms with Crippen molar-refractivity contribution in [1.82, 2.24) is 0 Å². The zero-order chi connectivity index (χ0) is 10.5. The maximum atomic E-state index is 2.84. The van der Waals surface area contributed by atoms with E-state index in [1.54, 1.807) is 5.67 Å². The number of hydrogen-bond donors (Lipinski definition) is 0. The van der Waals surface area contributed by atoms with Crippen molar-refractivity contribution in [1.29, 1.82) is 0 Å². The van der Waals surface area contributed by atoms with Crippen LogP contribution in [-0.4, -0.2) is 11.1 Å². The highest BCUT2D eigenvalue weighted by atomic mass is 127. The van der Waals surface area contributed by atoms with Crippen molar-refractivity contribution in [3.63, 3.8) is 0 Å². The lowest BCUT2D eigenvalue weighted by molar-refractivity contribution is 1.24. The lowest BCUT2D eigenvalue weighted by atomic mass is 10.9. The van der Waals surface area contributed by atoms with Crippen LogP contribution in [0.2, 0.25) is 29.8 Å². The quantitative estimate of drug-likeness (QED) is 0.296. The molecule has 0 aliphatic heterocycles. The molecule has 0 aliphatic carbocycles. The van der Waals surface area contributed by atoms with Crippen molar-refractivity contribution < 1.29 is 0 Å². The minimum atomic E-state index is -0.850. The van der Waals surface area contributed by atoms with E-state index >= 15 is 0 Å². The van der Waals surface area contributed by atoms with Gasteiger partial charge in [0, 0.05) is 0 Å². The molecule has 0 aromatic heterocycles. The zero-order valence-corrected chi connectivity index (χ0v) is 15.6. The molecule has 4 heteroatoms. The van der Waals surface area contributed by atoms with E-state index in [9.17, 15) is 0 Å². The summed E-state index contributed by atoms with van der Waals surface area (Å²) in [7, 11) is 0. The summed E-state index contributed by atoms with van der Waals surface area (Å²) >= 11 is 5.69. The van der Waals surface area contributed by atoms with Gasteiger partial charge in [0.05, 0.1) is 0 Å². The largest absolute Gasteiger partial charge is 0.123 e. The van der Waals surface area contributed by atoms with Crippen LogP contribution in [0.15, 0.2) is 0 Å². The van der Waals surface area contributed by atoms with Gasteiger partial charge in [-0.05, 0) is 5.67 Å². The molecule has 0 spiro atoms. The Morgan fingerprint density at radius 3 is 1.08 bits per heavy atom. The summed E-state index contributed by atoms with van der Waals surface area (Å²) in [5.41, 5.74) is -0.0609. The number of halogens is 2. The van der Waals surface area contributed by atoms with E-state index in [-0.39, 0.29) is 0 Å². The Hall–Kier alpha value is 1.89. The van der Waals surface area contributed by atoms with Gasteiger partial charge >= 0.3 is 0 Å². The SMILES string of the molecule is CC[Si](I)(CC)C[Si](I)(CC)CC. The molecule has 0 aliphatic rings. The molecule has 0 unspecified atom stereocenters. The molecule has 80 valence electrons. The molecule has 0 aromatic rings. The molecule has 0 saturated carbocycles. The Bertz CT molecular complexity index is 127. The van der Waals surface area contributed by atoms with Gasteiger partial charge in [-0.1, -0.05) is 51.9 Å². The highest BCUT2D eigenvalue weighted by Crippen LogP contribution is 2.39. The molecule has 0 aromatic carbocycles.